The lowest BCUT2D eigenvalue weighted by molar-refractivity contribution is 0.0511. The Labute approximate surface area is 228 Å². The fourth-order valence-electron chi connectivity index (χ4n) is 3.36. The van der Waals surface area contributed by atoms with Gasteiger partial charge in [0.15, 0.2) is 0 Å². The summed E-state index contributed by atoms with van der Waals surface area (Å²) in [4.78, 5) is 26.0. The number of halogens is 1. The van der Waals surface area contributed by atoms with Crippen LogP contribution in [0.15, 0.2) is 48.5 Å². The van der Waals surface area contributed by atoms with Gasteiger partial charge < -0.3 is 36.5 Å². The van der Waals surface area contributed by atoms with Crippen LogP contribution in [0.4, 0.5) is 27.9 Å². The number of aromatic nitrogens is 3. The third-order valence-corrected chi connectivity index (χ3v) is 5.36. The van der Waals surface area contributed by atoms with Gasteiger partial charge in [-0.3, -0.25) is 4.79 Å². The van der Waals surface area contributed by atoms with Crippen LogP contribution >= 0.6 is 0 Å². The molecule has 1 amide bonds. The Kier molecular flexibility index (Phi) is 12.8. The van der Waals surface area contributed by atoms with Gasteiger partial charge in [0.2, 0.25) is 17.8 Å². The van der Waals surface area contributed by atoms with Gasteiger partial charge in [0.05, 0.1) is 26.4 Å². The highest BCUT2D eigenvalue weighted by Gasteiger charge is 2.10. The molecule has 0 aliphatic heterocycles. The third-order valence-electron chi connectivity index (χ3n) is 5.36. The fraction of sp³-hybridized carbons (Fsp3) is 0.407. The molecule has 0 bridgehead atoms. The largest absolute Gasteiger partial charge is 0.378 e. The van der Waals surface area contributed by atoms with Crippen LogP contribution in [0.5, 0.6) is 0 Å². The number of rotatable bonds is 18. The second kappa shape index (κ2) is 16.9. The highest BCUT2D eigenvalue weighted by molar-refractivity contribution is 5.95. The average Bonchev–Trinajstić information content (AvgIpc) is 2.94. The van der Waals surface area contributed by atoms with Gasteiger partial charge in [-0.2, -0.15) is 15.0 Å². The maximum Gasteiger partial charge on any atom is 0.251 e. The lowest BCUT2D eigenvalue weighted by atomic mass is 10.2. The first-order valence-electron chi connectivity index (χ1n) is 13.1. The topological polar surface area (TPSA) is 148 Å². The van der Waals surface area contributed by atoms with Crippen molar-refractivity contribution in [2.45, 2.75) is 26.3 Å². The number of unbranched alkanes of at least 4 members (excludes halogenated alkanes) is 1. The molecule has 11 nitrogen and oxygen atoms in total. The van der Waals surface area contributed by atoms with Gasteiger partial charge in [0.1, 0.15) is 5.82 Å². The van der Waals surface area contributed by atoms with Gasteiger partial charge in [-0.05, 0) is 42.3 Å². The van der Waals surface area contributed by atoms with Crippen LogP contribution in [0.25, 0.3) is 0 Å². The number of ether oxygens (including phenoxy) is 2. The van der Waals surface area contributed by atoms with Crippen molar-refractivity contribution in [3.63, 3.8) is 0 Å². The lowest BCUT2D eigenvalue weighted by Crippen LogP contribution is -2.27. The summed E-state index contributed by atoms with van der Waals surface area (Å²) in [6, 6.07) is 13.3. The zero-order valence-electron chi connectivity index (χ0n) is 22.2. The number of nitrogens with two attached hydrogens (primary N) is 1. The van der Waals surface area contributed by atoms with Crippen molar-refractivity contribution in [2.24, 2.45) is 5.73 Å². The molecule has 0 saturated heterocycles. The average molecular weight is 541 g/mol. The minimum Gasteiger partial charge on any atom is -0.378 e. The summed E-state index contributed by atoms with van der Waals surface area (Å²) < 4.78 is 23.9. The summed E-state index contributed by atoms with van der Waals surface area (Å²) in [5.41, 5.74) is 7.37. The Hall–Kier alpha value is -3.87. The smallest absolute Gasteiger partial charge is 0.251 e. The molecule has 6 N–H and O–H groups in total. The highest BCUT2D eigenvalue weighted by Crippen LogP contribution is 2.18. The second-order valence-corrected chi connectivity index (χ2v) is 8.54. The van der Waals surface area contributed by atoms with Crippen LogP contribution in [-0.2, 0) is 16.0 Å². The van der Waals surface area contributed by atoms with Crippen molar-refractivity contribution in [3.8, 4) is 0 Å². The van der Waals surface area contributed by atoms with Gasteiger partial charge in [-0.15, -0.1) is 0 Å². The Morgan fingerprint density at radius 3 is 2.36 bits per heavy atom. The first kappa shape index (κ1) is 29.7. The van der Waals surface area contributed by atoms with Crippen molar-refractivity contribution in [3.05, 3.63) is 65.5 Å². The summed E-state index contributed by atoms with van der Waals surface area (Å²) in [6.07, 6.45) is 2.00. The molecule has 0 unspecified atom stereocenters. The molecule has 0 atom stereocenters. The number of nitrogens with zero attached hydrogens (tertiary/aromatic N) is 3. The molecule has 0 aliphatic rings. The maximum absolute atomic E-state index is 13.2. The molecule has 0 fully saturated rings. The van der Waals surface area contributed by atoms with Crippen LogP contribution in [-0.4, -0.2) is 66.9 Å². The minimum absolute atomic E-state index is 0.221. The van der Waals surface area contributed by atoms with E-state index in [0.717, 1.165) is 24.9 Å². The van der Waals surface area contributed by atoms with Crippen LogP contribution in [0.1, 0.15) is 35.7 Å². The van der Waals surface area contributed by atoms with E-state index in [1.165, 1.54) is 12.1 Å². The Morgan fingerprint density at radius 2 is 1.62 bits per heavy atom. The number of hydrogen-bond acceptors (Lipinski definition) is 10. The molecule has 2 aromatic carbocycles. The zero-order chi connectivity index (χ0) is 27.7. The van der Waals surface area contributed by atoms with Crippen molar-refractivity contribution >= 4 is 29.4 Å². The van der Waals surface area contributed by atoms with Crippen LogP contribution in [0.2, 0.25) is 0 Å². The molecular weight excluding hydrogens is 503 g/mol. The molecule has 3 rings (SSSR count). The first-order valence-corrected chi connectivity index (χ1v) is 13.1. The Bertz CT molecular complexity index is 1150. The van der Waals surface area contributed by atoms with Crippen molar-refractivity contribution in [1.82, 2.24) is 20.3 Å². The lowest BCUT2D eigenvalue weighted by Gasteiger charge is -2.12. The summed E-state index contributed by atoms with van der Waals surface area (Å²) in [6.45, 7) is 5.87. The second-order valence-electron chi connectivity index (χ2n) is 8.54. The molecule has 0 aliphatic carbocycles. The van der Waals surface area contributed by atoms with E-state index in [0.29, 0.717) is 75.2 Å². The number of anilines is 4. The molecule has 0 spiro atoms. The van der Waals surface area contributed by atoms with E-state index in [4.69, 9.17) is 15.2 Å². The molecule has 1 aromatic heterocycles. The molecule has 12 heteroatoms. The van der Waals surface area contributed by atoms with E-state index >= 15 is 0 Å². The van der Waals surface area contributed by atoms with Gasteiger partial charge >= 0.3 is 0 Å². The van der Waals surface area contributed by atoms with Crippen molar-refractivity contribution in [2.75, 3.05) is 62.0 Å². The van der Waals surface area contributed by atoms with Crippen LogP contribution < -0.4 is 27.0 Å². The Morgan fingerprint density at radius 1 is 0.897 bits per heavy atom. The molecule has 0 saturated carbocycles. The predicted octanol–water partition coefficient (Wildman–Crippen LogP) is 3.30. The molecule has 39 heavy (non-hydrogen) atoms. The van der Waals surface area contributed by atoms with Crippen molar-refractivity contribution < 1.29 is 18.7 Å². The van der Waals surface area contributed by atoms with Crippen LogP contribution in [0.3, 0.4) is 0 Å². The number of hydrogen-bond donors (Lipinski definition) is 5. The van der Waals surface area contributed by atoms with E-state index in [9.17, 15) is 9.18 Å². The standard InChI is InChI=1S/C27H37FN8O3/c1-2-3-12-31-25-34-26(32-19-20-7-9-22(28)10-8-20)36-27(35-25)33-23-6-4-5-21(18-23)24(37)30-13-15-39-17-16-38-14-11-29/h4-10,18H,2-3,11-17,19,29H2,1H3,(H,30,37)(H3,31,32,33,34,35,36). The number of benzene rings is 2. The summed E-state index contributed by atoms with van der Waals surface area (Å²) in [5, 5.41) is 12.4. The fourth-order valence-corrected chi connectivity index (χ4v) is 3.36. The van der Waals surface area contributed by atoms with Gasteiger partial charge in [0, 0.05) is 37.4 Å². The predicted molar refractivity (Wildman–Crippen MR) is 150 cm³/mol. The third kappa shape index (κ3) is 11.2. The van der Waals surface area contributed by atoms with E-state index in [-0.39, 0.29) is 11.7 Å². The molecular formula is C27H37FN8O3. The Balaban J connectivity index is 1.59. The van der Waals surface area contributed by atoms with E-state index in [2.05, 4.69) is 43.1 Å². The minimum atomic E-state index is -0.291. The number of carbonyl (C=O) groups is 1. The molecule has 0 radical (unpaired) electrons. The summed E-state index contributed by atoms with van der Waals surface area (Å²) in [5.74, 6) is 0.582. The SMILES string of the molecule is CCCCNc1nc(NCc2ccc(F)cc2)nc(Nc2cccc(C(=O)NCCOCCOCCN)c2)n1. The van der Waals surface area contributed by atoms with Crippen molar-refractivity contribution in [1.29, 1.82) is 0 Å². The zero-order valence-corrected chi connectivity index (χ0v) is 22.2. The van der Waals surface area contributed by atoms with E-state index in [1.807, 2.05) is 6.07 Å². The number of nitrogens with one attached hydrogen (secondary N) is 4. The maximum atomic E-state index is 13.2. The summed E-state index contributed by atoms with van der Waals surface area (Å²) in [7, 11) is 0. The number of amides is 1. The first-order chi connectivity index (χ1) is 19.1. The van der Waals surface area contributed by atoms with Gasteiger partial charge in [-0.25, -0.2) is 4.39 Å². The van der Waals surface area contributed by atoms with Gasteiger partial charge in [0.25, 0.3) is 5.91 Å². The molecule has 3 aromatic rings. The summed E-state index contributed by atoms with van der Waals surface area (Å²) >= 11 is 0. The van der Waals surface area contributed by atoms with E-state index < -0.39 is 0 Å². The molecule has 1 heterocycles. The highest BCUT2D eigenvalue weighted by atomic mass is 19.1. The number of carbonyl (C=O) groups excluding carboxylic acids is 1. The monoisotopic (exact) mass is 540 g/mol. The van der Waals surface area contributed by atoms with Crippen LogP contribution in [0, 0.1) is 5.82 Å². The normalized spacial score (nSPS) is 10.7. The molecule has 210 valence electrons. The quantitative estimate of drug-likeness (QED) is 0.152. The van der Waals surface area contributed by atoms with E-state index in [1.54, 1.807) is 30.3 Å². The van der Waals surface area contributed by atoms with Gasteiger partial charge in [-0.1, -0.05) is 31.5 Å².